The Morgan fingerprint density at radius 3 is 2.00 bits per heavy atom. The number of hydrazone groups is 1. The molecule has 0 spiro atoms. The second-order valence-corrected chi connectivity index (χ2v) is 6.90. The fraction of sp³-hybridized carbons (Fsp3) is 0.250. The highest BCUT2D eigenvalue weighted by Gasteiger charge is 2.04. The SMILES string of the molecule is CCN(CC)c1ccc(Nc2ccc(N(C)N=Cc3cccc[n+]3C)cc2)cc1. The van der Waals surface area contributed by atoms with Crippen molar-refractivity contribution in [1.82, 2.24) is 0 Å². The molecule has 3 aromatic rings. The lowest BCUT2D eigenvalue weighted by atomic mass is 10.2. The summed E-state index contributed by atoms with van der Waals surface area (Å²) in [5.74, 6) is 0. The summed E-state index contributed by atoms with van der Waals surface area (Å²) in [6.45, 7) is 6.39. The average Bonchev–Trinajstić information content (AvgIpc) is 2.75. The first-order valence-electron chi connectivity index (χ1n) is 10.0. The third kappa shape index (κ3) is 5.35. The van der Waals surface area contributed by atoms with Gasteiger partial charge in [-0.05, 0) is 68.4 Å². The predicted octanol–water partition coefficient (Wildman–Crippen LogP) is 4.57. The van der Waals surface area contributed by atoms with Crippen LogP contribution in [-0.4, -0.2) is 26.4 Å². The molecule has 29 heavy (non-hydrogen) atoms. The Morgan fingerprint density at radius 2 is 1.45 bits per heavy atom. The van der Waals surface area contributed by atoms with Crippen LogP contribution in [0.1, 0.15) is 19.5 Å². The molecule has 3 rings (SSSR count). The number of hydrogen-bond donors (Lipinski definition) is 1. The Balaban J connectivity index is 1.63. The molecule has 0 bridgehead atoms. The van der Waals surface area contributed by atoms with Crippen LogP contribution in [0.15, 0.2) is 78.0 Å². The standard InChI is InChI=1S/C24H30N5/c1-5-29(6-2)23-16-12-21(13-17-23)26-20-10-14-22(15-11-20)28(4)25-19-24-9-7-8-18-27(24)3/h7-19,26H,5-6H2,1-4H3/q+1. The van der Waals surface area contributed by atoms with E-state index in [-0.39, 0.29) is 0 Å². The molecule has 0 aliphatic heterocycles. The van der Waals surface area contributed by atoms with Crippen molar-refractivity contribution in [3.8, 4) is 0 Å². The maximum absolute atomic E-state index is 4.54. The summed E-state index contributed by atoms with van der Waals surface area (Å²) in [5.41, 5.74) is 5.46. The molecular weight excluding hydrogens is 358 g/mol. The van der Waals surface area contributed by atoms with Gasteiger partial charge in [0.25, 0.3) is 0 Å². The molecule has 0 radical (unpaired) electrons. The molecule has 0 amide bonds. The quantitative estimate of drug-likeness (QED) is 0.349. The summed E-state index contributed by atoms with van der Waals surface area (Å²) in [5, 5.41) is 9.87. The molecule has 5 heteroatoms. The van der Waals surface area contributed by atoms with Gasteiger partial charge in [-0.3, -0.25) is 5.01 Å². The van der Waals surface area contributed by atoms with Gasteiger partial charge in [-0.25, -0.2) is 4.57 Å². The fourth-order valence-electron chi connectivity index (χ4n) is 3.15. The Hall–Kier alpha value is -3.34. The lowest BCUT2D eigenvalue weighted by Crippen LogP contribution is -2.32. The molecule has 1 N–H and O–H groups in total. The first-order chi connectivity index (χ1) is 14.1. The van der Waals surface area contributed by atoms with Gasteiger partial charge in [-0.15, -0.1) is 0 Å². The van der Waals surface area contributed by atoms with Gasteiger partial charge in [0, 0.05) is 49.3 Å². The molecule has 0 aliphatic carbocycles. The fourth-order valence-corrected chi connectivity index (χ4v) is 3.15. The van der Waals surface area contributed by atoms with Crippen LogP contribution in [0, 0.1) is 0 Å². The molecule has 150 valence electrons. The topological polar surface area (TPSA) is 34.8 Å². The van der Waals surface area contributed by atoms with Crippen LogP contribution in [0.5, 0.6) is 0 Å². The first kappa shape index (κ1) is 20.4. The third-order valence-electron chi connectivity index (χ3n) is 4.98. The van der Waals surface area contributed by atoms with Crippen molar-refractivity contribution >= 4 is 29.0 Å². The number of aryl methyl sites for hydroxylation is 1. The van der Waals surface area contributed by atoms with Gasteiger partial charge in [0.2, 0.25) is 5.69 Å². The van der Waals surface area contributed by atoms with Crippen LogP contribution in [-0.2, 0) is 7.05 Å². The Bertz CT molecular complexity index is 928. The second kappa shape index (κ2) is 9.73. The molecule has 1 heterocycles. The summed E-state index contributed by atoms with van der Waals surface area (Å²) in [6, 6.07) is 22.9. The molecule has 0 fully saturated rings. The molecule has 0 atom stereocenters. The summed E-state index contributed by atoms with van der Waals surface area (Å²) >= 11 is 0. The molecule has 5 nitrogen and oxygen atoms in total. The third-order valence-corrected chi connectivity index (χ3v) is 4.98. The van der Waals surface area contributed by atoms with E-state index in [9.17, 15) is 0 Å². The second-order valence-electron chi connectivity index (χ2n) is 6.90. The monoisotopic (exact) mass is 388 g/mol. The van der Waals surface area contributed by atoms with Crippen molar-refractivity contribution in [2.75, 3.05) is 35.4 Å². The molecule has 1 aromatic heterocycles. The van der Waals surface area contributed by atoms with Gasteiger partial charge >= 0.3 is 0 Å². The minimum atomic E-state index is 1.02. The van der Waals surface area contributed by atoms with E-state index in [1.165, 1.54) is 5.69 Å². The lowest BCUT2D eigenvalue weighted by Gasteiger charge is -2.21. The zero-order chi connectivity index (χ0) is 20.6. The van der Waals surface area contributed by atoms with Crippen LogP contribution in [0.2, 0.25) is 0 Å². The van der Waals surface area contributed by atoms with Crippen LogP contribution < -0.4 is 19.8 Å². The Morgan fingerprint density at radius 1 is 0.862 bits per heavy atom. The van der Waals surface area contributed by atoms with Crippen LogP contribution in [0.25, 0.3) is 0 Å². The summed E-state index contributed by atoms with van der Waals surface area (Å²) in [6.07, 6.45) is 3.87. The number of aromatic nitrogens is 1. The maximum Gasteiger partial charge on any atom is 0.225 e. The number of pyridine rings is 1. The van der Waals surface area contributed by atoms with Crippen LogP contribution in [0.4, 0.5) is 22.7 Å². The highest BCUT2D eigenvalue weighted by atomic mass is 15.4. The smallest absolute Gasteiger partial charge is 0.225 e. The number of hydrogen-bond acceptors (Lipinski definition) is 4. The van der Waals surface area contributed by atoms with E-state index < -0.39 is 0 Å². The van der Waals surface area contributed by atoms with Crippen LogP contribution >= 0.6 is 0 Å². The Labute approximate surface area is 173 Å². The van der Waals surface area contributed by atoms with Gasteiger partial charge in [0.1, 0.15) is 13.3 Å². The highest BCUT2D eigenvalue weighted by molar-refractivity contribution is 5.76. The van der Waals surface area contributed by atoms with Crippen molar-refractivity contribution < 1.29 is 4.57 Å². The molecular formula is C24H30N5+. The normalized spacial score (nSPS) is 10.9. The number of rotatable bonds is 8. The number of benzene rings is 2. The lowest BCUT2D eigenvalue weighted by molar-refractivity contribution is -0.672. The average molecular weight is 389 g/mol. The van der Waals surface area contributed by atoms with E-state index in [1.807, 2.05) is 54.3 Å². The first-order valence-corrected chi connectivity index (χ1v) is 10.0. The van der Waals surface area contributed by atoms with E-state index in [2.05, 4.69) is 77.7 Å². The maximum atomic E-state index is 4.54. The summed E-state index contributed by atoms with van der Waals surface area (Å²) in [4.78, 5) is 2.34. The molecule has 2 aromatic carbocycles. The van der Waals surface area contributed by atoms with Crippen molar-refractivity contribution in [1.29, 1.82) is 0 Å². The van der Waals surface area contributed by atoms with E-state index in [1.54, 1.807) is 0 Å². The number of anilines is 4. The molecule has 0 saturated heterocycles. The van der Waals surface area contributed by atoms with Crippen molar-refractivity contribution in [3.63, 3.8) is 0 Å². The van der Waals surface area contributed by atoms with Crippen molar-refractivity contribution in [2.45, 2.75) is 13.8 Å². The largest absolute Gasteiger partial charge is 0.372 e. The minimum Gasteiger partial charge on any atom is -0.372 e. The Kier molecular flexibility index (Phi) is 6.85. The molecule has 0 unspecified atom stereocenters. The van der Waals surface area contributed by atoms with Crippen molar-refractivity contribution in [3.05, 3.63) is 78.6 Å². The van der Waals surface area contributed by atoms with Gasteiger partial charge in [0.15, 0.2) is 6.20 Å². The molecule has 0 saturated carbocycles. The van der Waals surface area contributed by atoms with Crippen LogP contribution in [0.3, 0.4) is 0 Å². The van der Waals surface area contributed by atoms with Gasteiger partial charge < -0.3 is 10.2 Å². The molecule has 0 aliphatic rings. The van der Waals surface area contributed by atoms with Crippen molar-refractivity contribution in [2.24, 2.45) is 12.1 Å². The number of nitrogens with one attached hydrogen (secondary N) is 1. The van der Waals surface area contributed by atoms with E-state index >= 15 is 0 Å². The van der Waals surface area contributed by atoms with Gasteiger partial charge in [-0.1, -0.05) is 0 Å². The van der Waals surface area contributed by atoms with Gasteiger partial charge in [0.05, 0.1) is 5.69 Å². The number of nitrogens with zero attached hydrogens (tertiary/aromatic N) is 4. The van der Waals surface area contributed by atoms with E-state index in [4.69, 9.17) is 0 Å². The summed E-state index contributed by atoms with van der Waals surface area (Å²) < 4.78 is 2.04. The predicted molar refractivity (Wildman–Crippen MR) is 123 cm³/mol. The van der Waals surface area contributed by atoms with Gasteiger partial charge in [-0.2, -0.15) is 5.10 Å². The van der Waals surface area contributed by atoms with E-state index in [0.29, 0.717) is 0 Å². The minimum absolute atomic E-state index is 1.02. The van der Waals surface area contributed by atoms with E-state index in [0.717, 1.165) is 35.8 Å². The zero-order valence-corrected chi connectivity index (χ0v) is 17.7. The highest BCUT2D eigenvalue weighted by Crippen LogP contribution is 2.23. The zero-order valence-electron chi connectivity index (χ0n) is 17.7. The summed E-state index contributed by atoms with van der Waals surface area (Å²) in [7, 11) is 3.96.